The van der Waals surface area contributed by atoms with Crippen molar-refractivity contribution in [2.24, 2.45) is 0 Å². The molecule has 1 N–H and O–H groups in total. The molecule has 1 aliphatic carbocycles. The van der Waals surface area contributed by atoms with Gasteiger partial charge in [0.15, 0.2) is 0 Å². The summed E-state index contributed by atoms with van der Waals surface area (Å²) in [6.07, 6.45) is 3.76. The van der Waals surface area contributed by atoms with Crippen LogP contribution in [-0.2, 0) is 4.74 Å². The fourth-order valence-electron chi connectivity index (χ4n) is 3.71. The van der Waals surface area contributed by atoms with Crippen molar-refractivity contribution in [3.63, 3.8) is 0 Å². The number of ether oxygens (including phenoxy) is 1. The summed E-state index contributed by atoms with van der Waals surface area (Å²) in [5.74, 6) is -0.257. The highest BCUT2D eigenvalue weighted by Gasteiger charge is 2.46. The van der Waals surface area contributed by atoms with Crippen molar-refractivity contribution in [1.29, 1.82) is 0 Å². The largest absolute Gasteiger partial charge is 0.386 e. The highest BCUT2D eigenvalue weighted by atomic mass is 19.1. The molecular weight excluding hydrogens is 257 g/mol. The van der Waals surface area contributed by atoms with Crippen LogP contribution in [0.15, 0.2) is 24.3 Å². The Hall–Kier alpha value is -0.970. The van der Waals surface area contributed by atoms with Crippen LogP contribution in [0.25, 0.3) is 0 Å². The van der Waals surface area contributed by atoms with E-state index >= 15 is 0 Å². The number of hydrogen-bond donors (Lipinski definition) is 1. The summed E-state index contributed by atoms with van der Waals surface area (Å²) in [6, 6.07) is 6.28. The predicted molar refractivity (Wildman–Crippen MR) is 75.0 cm³/mol. The zero-order chi connectivity index (χ0) is 14.0. The molecule has 1 aliphatic heterocycles. The molecule has 1 heterocycles. The average molecular weight is 279 g/mol. The summed E-state index contributed by atoms with van der Waals surface area (Å²) in [7, 11) is 0. The first-order chi connectivity index (χ1) is 9.72. The normalized spacial score (nSPS) is 24.7. The van der Waals surface area contributed by atoms with Crippen LogP contribution in [0.3, 0.4) is 0 Å². The Labute approximate surface area is 119 Å². The van der Waals surface area contributed by atoms with E-state index < -0.39 is 6.10 Å². The first-order valence-corrected chi connectivity index (χ1v) is 7.49. The predicted octanol–water partition coefficient (Wildman–Crippen LogP) is 2.50. The van der Waals surface area contributed by atoms with Crippen LogP contribution in [0.2, 0.25) is 0 Å². The Bertz CT molecular complexity index is 436. The molecular formula is C16H22FNO2. The molecule has 110 valence electrons. The summed E-state index contributed by atoms with van der Waals surface area (Å²) < 4.78 is 18.5. The van der Waals surface area contributed by atoms with Gasteiger partial charge in [-0.05, 0) is 30.5 Å². The number of aliphatic hydroxyl groups is 1. The van der Waals surface area contributed by atoms with E-state index in [1.807, 2.05) is 0 Å². The third kappa shape index (κ3) is 2.48. The molecule has 0 spiro atoms. The molecule has 1 saturated carbocycles. The number of morpholine rings is 1. The van der Waals surface area contributed by atoms with E-state index in [0.29, 0.717) is 0 Å². The number of aliphatic hydroxyl groups excluding tert-OH is 1. The quantitative estimate of drug-likeness (QED) is 0.923. The first kappa shape index (κ1) is 14.0. The number of halogens is 1. The van der Waals surface area contributed by atoms with Crippen molar-refractivity contribution in [2.75, 3.05) is 26.3 Å². The molecule has 2 aliphatic rings. The third-order valence-corrected chi connectivity index (χ3v) is 4.80. The molecule has 0 amide bonds. The monoisotopic (exact) mass is 279 g/mol. The Morgan fingerprint density at radius 2 is 1.70 bits per heavy atom. The van der Waals surface area contributed by atoms with E-state index in [1.165, 1.54) is 12.1 Å². The van der Waals surface area contributed by atoms with E-state index in [4.69, 9.17) is 4.74 Å². The van der Waals surface area contributed by atoms with Crippen LogP contribution in [-0.4, -0.2) is 41.8 Å². The molecule has 1 aromatic rings. The number of rotatable bonds is 3. The Kier molecular flexibility index (Phi) is 4.06. The maximum atomic E-state index is 13.1. The fourth-order valence-corrected chi connectivity index (χ4v) is 3.71. The lowest BCUT2D eigenvalue weighted by Crippen LogP contribution is -2.55. The van der Waals surface area contributed by atoms with Gasteiger partial charge < -0.3 is 9.84 Å². The van der Waals surface area contributed by atoms with Crippen molar-refractivity contribution in [1.82, 2.24) is 4.90 Å². The molecule has 0 bridgehead atoms. The van der Waals surface area contributed by atoms with Gasteiger partial charge in [0.1, 0.15) is 5.82 Å². The lowest BCUT2D eigenvalue weighted by Gasteiger charge is -2.46. The maximum Gasteiger partial charge on any atom is 0.123 e. The van der Waals surface area contributed by atoms with Crippen LogP contribution in [0.1, 0.15) is 37.4 Å². The summed E-state index contributed by atoms with van der Waals surface area (Å²) >= 11 is 0. The number of nitrogens with zero attached hydrogens (tertiary/aromatic N) is 1. The van der Waals surface area contributed by atoms with Crippen LogP contribution >= 0.6 is 0 Å². The second kappa shape index (κ2) is 5.80. The van der Waals surface area contributed by atoms with E-state index in [-0.39, 0.29) is 11.4 Å². The second-order valence-electron chi connectivity index (χ2n) is 5.86. The molecule has 1 unspecified atom stereocenters. The molecule has 0 aromatic heterocycles. The van der Waals surface area contributed by atoms with E-state index in [2.05, 4.69) is 4.90 Å². The standard InChI is InChI=1S/C16H22FNO2/c17-14-5-3-13(4-6-14)15(19)16(7-1-2-8-16)18-9-11-20-12-10-18/h3-6,15,19H,1-2,7-12H2. The van der Waals surface area contributed by atoms with Gasteiger partial charge in [-0.1, -0.05) is 25.0 Å². The van der Waals surface area contributed by atoms with E-state index in [1.54, 1.807) is 12.1 Å². The zero-order valence-electron chi connectivity index (χ0n) is 11.7. The van der Waals surface area contributed by atoms with Gasteiger partial charge in [-0.15, -0.1) is 0 Å². The Morgan fingerprint density at radius 1 is 1.10 bits per heavy atom. The van der Waals surface area contributed by atoms with Crippen LogP contribution in [0, 0.1) is 5.82 Å². The van der Waals surface area contributed by atoms with Crippen LogP contribution in [0.5, 0.6) is 0 Å². The zero-order valence-corrected chi connectivity index (χ0v) is 11.7. The topological polar surface area (TPSA) is 32.7 Å². The maximum absolute atomic E-state index is 13.1. The number of hydrogen-bond acceptors (Lipinski definition) is 3. The lowest BCUT2D eigenvalue weighted by atomic mass is 9.83. The van der Waals surface area contributed by atoms with Gasteiger partial charge >= 0.3 is 0 Å². The van der Waals surface area contributed by atoms with Crippen molar-refractivity contribution in [3.05, 3.63) is 35.6 Å². The van der Waals surface area contributed by atoms with E-state index in [9.17, 15) is 9.50 Å². The van der Waals surface area contributed by atoms with Crippen molar-refractivity contribution < 1.29 is 14.2 Å². The minimum atomic E-state index is -0.552. The summed E-state index contributed by atoms with van der Waals surface area (Å²) in [6.45, 7) is 3.21. The molecule has 0 radical (unpaired) electrons. The summed E-state index contributed by atoms with van der Waals surface area (Å²) in [4.78, 5) is 2.39. The fraction of sp³-hybridized carbons (Fsp3) is 0.625. The molecule has 3 nitrogen and oxygen atoms in total. The van der Waals surface area contributed by atoms with Gasteiger partial charge in [0, 0.05) is 13.1 Å². The molecule has 4 heteroatoms. The highest BCUT2D eigenvalue weighted by molar-refractivity contribution is 5.23. The van der Waals surface area contributed by atoms with Gasteiger partial charge in [0.05, 0.1) is 24.9 Å². The van der Waals surface area contributed by atoms with Crippen molar-refractivity contribution in [3.8, 4) is 0 Å². The Morgan fingerprint density at radius 3 is 2.30 bits per heavy atom. The average Bonchev–Trinajstić information content (AvgIpc) is 2.99. The molecule has 1 aromatic carbocycles. The van der Waals surface area contributed by atoms with Gasteiger partial charge in [-0.3, -0.25) is 4.90 Å². The first-order valence-electron chi connectivity index (χ1n) is 7.49. The molecule has 1 saturated heterocycles. The van der Waals surface area contributed by atoms with Crippen LogP contribution < -0.4 is 0 Å². The second-order valence-corrected chi connectivity index (χ2v) is 5.86. The van der Waals surface area contributed by atoms with Gasteiger partial charge in [0.2, 0.25) is 0 Å². The third-order valence-electron chi connectivity index (χ3n) is 4.80. The molecule has 2 fully saturated rings. The Balaban J connectivity index is 1.87. The van der Waals surface area contributed by atoms with Gasteiger partial charge in [-0.25, -0.2) is 4.39 Å². The smallest absolute Gasteiger partial charge is 0.123 e. The summed E-state index contributed by atoms with van der Waals surface area (Å²) in [5.41, 5.74) is 0.626. The van der Waals surface area contributed by atoms with Crippen molar-refractivity contribution in [2.45, 2.75) is 37.3 Å². The van der Waals surface area contributed by atoms with Gasteiger partial charge in [-0.2, -0.15) is 0 Å². The van der Waals surface area contributed by atoms with Crippen molar-refractivity contribution >= 4 is 0 Å². The minimum absolute atomic E-state index is 0.193. The summed E-state index contributed by atoms with van der Waals surface area (Å²) in [5, 5.41) is 10.9. The number of benzene rings is 1. The van der Waals surface area contributed by atoms with Gasteiger partial charge in [0.25, 0.3) is 0 Å². The van der Waals surface area contributed by atoms with Crippen LogP contribution in [0.4, 0.5) is 4.39 Å². The molecule has 20 heavy (non-hydrogen) atoms. The minimum Gasteiger partial charge on any atom is -0.386 e. The molecule has 1 atom stereocenters. The van der Waals surface area contributed by atoms with E-state index in [0.717, 1.165) is 57.6 Å². The molecule has 3 rings (SSSR count). The SMILES string of the molecule is OC(c1ccc(F)cc1)C1(N2CCOCC2)CCCC1. The lowest BCUT2D eigenvalue weighted by molar-refractivity contribution is -0.0774. The highest BCUT2D eigenvalue weighted by Crippen LogP contribution is 2.44.